The summed E-state index contributed by atoms with van der Waals surface area (Å²) in [5, 5.41) is 0. The summed E-state index contributed by atoms with van der Waals surface area (Å²) in [6, 6.07) is 14.4. The Balaban J connectivity index is 1.04. The highest BCUT2D eigenvalue weighted by molar-refractivity contribution is 5.91. The highest BCUT2D eigenvalue weighted by Gasteiger charge is 2.59. The lowest BCUT2D eigenvalue weighted by molar-refractivity contribution is -0.0594. The first-order chi connectivity index (χ1) is 23.0. The number of allylic oxidation sites excluding steroid dienone is 1. The zero-order chi connectivity index (χ0) is 34.1. The molecule has 3 fully saturated rings. The number of fused-ring (bicyclic) bond motifs is 5. The number of carbonyl (C=O) groups is 2. The summed E-state index contributed by atoms with van der Waals surface area (Å²) >= 11 is 0. The van der Waals surface area contributed by atoms with Gasteiger partial charge in [0.05, 0.1) is 23.9 Å². The van der Waals surface area contributed by atoms with Gasteiger partial charge in [-0.2, -0.15) is 0 Å². The maximum absolute atomic E-state index is 13.2. The first-order valence-corrected chi connectivity index (χ1v) is 18.7. The van der Waals surface area contributed by atoms with Gasteiger partial charge in [-0.1, -0.05) is 77.7 Å². The quantitative estimate of drug-likeness (QED) is 0.146. The number of benzene rings is 2. The molecule has 0 amide bonds. The Morgan fingerprint density at radius 1 is 0.875 bits per heavy atom. The van der Waals surface area contributed by atoms with E-state index in [1.807, 2.05) is 24.3 Å². The molecule has 1 unspecified atom stereocenters. The number of aliphatic imine (C=N–C) groups is 1. The van der Waals surface area contributed by atoms with E-state index in [4.69, 9.17) is 9.47 Å². The molecule has 4 aliphatic carbocycles. The SMILES string of the molecule is COC(=O)c1ccc(N=Cc2ccc(C(=O)OC3CC[C@@]4(C)C(=CC[C@H]5[C@@H]6CC[C@H]([C@H](C)CCCC(C)C)[C@@]6(C)CC[C@@H]54)C3)cc2)cc1. The summed E-state index contributed by atoms with van der Waals surface area (Å²) in [4.78, 5) is 29.4. The smallest absolute Gasteiger partial charge is 0.338 e. The molecule has 5 nitrogen and oxygen atoms in total. The Morgan fingerprint density at radius 3 is 2.29 bits per heavy atom. The average Bonchev–Trinajstić information content (AvgIpc) is 3.44. The van der Waals surface area contributed by atoms with E-state index in [1.54, 1.807) is 36.1 Å². The van der Waals surface area contributed by atoms with Crippen LogP contribution in [0.1, 0.15) is 132 Å². The van der Waals surface area contributed by atoms with Crippen LogP contribution in [-0.2, 0) is 9.47 Å². The minimum Gasteiger partial charge on any atom is -0.465 e. The van der Waals surface area contributed by atoms with Gasteiger partial charge in [0.25, 0.3) is 0 Å². The largest absolute Gasteiger partial charge is 0.465 e. The van der Waals surface area contributed by atoms with E-state index in [0.717, 1.165) is 66.0 Å². The van der Waals surface area contributed by atoms with E-state index < -0.39 is 0 Å². The molecule has 48 heavy (non-hydrogen) atoms. The predicted octanol–water partition coefficient (Wildman–Crippen LogP) is 10.8. The van der Waals surface area contributed by atoms with Gasteiger partial charge in [-0.05, 0) is 133 Å². The fourth-order valence-corrected chi connectivity index (χ4v) is 10.6. The van der Waals surface area contributed by atoms with Crippen LogP contribution in [0.3, 0.4) is 0 Å². The molecule has 0 spiro atoms. The highest BCUT2D eigenvalue weighted by Crippen LogP contribution is 2.67. The fraction of sp³-hybridized carbons (Fsp3) is 0.605. The molecule has 8 atom stereocenters. The van der Waals surface area contributed by atoms with Gasteiger partial charge in [0.2, 0.25) is 0 Å². The van der Waals surface area contributed by atoms with E-state index in [1.165, 1.54) is 58.5 Å². The van der Waals surface area contributed by atoms with E-state index >= 15 is 0 Å². The number of rotatable bonds is 10. The van der Waals surface area contributed by atoms with Crippen LogP contribution in [0.5, 0.6) is 0 Å². The van der Waals surface area contributed by atoms with Gasteiger partial charge in [-0.25, -0.2) is 9.59 Å². The number of ether oxygens (including phenoxy) is 2. The van der Waals surface area contributed by atoms with E-state index in [0.29, 0.717) is 16.5 Å². The second-order valence-corrected chi connectivity index (χ2v) is 16.5. The van der Waals surface area contributed by atoms with Crippen molar-refractivity contribution in [1.82, 2.24) is 0 Å². The molecular formula is C43H57NO4. The number of methoxy groups -OCH3 is 1. The zero-order valence-corrected chi connectivity index (χ0v) is 30.2. The van der Waals surface area contributed by atoms with Crippen molar-refractivity contribution in [3.8, 4) is 0 Å². The summed E-state index contributed by atoms with van der Waals surface area (Å²) in [6.07, 6.45) is 18.2. The minimum atomic E-state index is -0.370. The lowest BCUT2D eigenvalue weighted by atomic mass is 9.47. The van der Waals surface area contributed by atoms with Crippen molar-refractivity contribution in [3.05, 3.63) is 76.9 Å². The third-order valence-electron chi connectivity index (χ3n) is 13.3. The molecule has 4 aliphatic rings. The molecule has 5 heteroatoms. The number of hydrogen-bond acceptors (Lipinski definition) is 5. The molecule has 0 radical (unpaired) electrons. The van der Waals surface area contributed by atoms with Crippen LogP contribution < -0.4 is 0 Å². The van der Waals surface area contributed by atoms with Crippen molar-refractivity contribution in [2.24, 2.45) is 51.3 Å². The van der Waals surface area contributed by atoms with E-state index in [-0.39, 0.29) is 23.5 Å². The fourth-order valence-electron chi connectivity index (χ4n) is 10.6. The summed E-state index contributed by atoms with van der Waals surface area (Å²) in [6.45, 7) is 12.5. The van der Waals surface area contributed by atoms with Gasteiger partial charge in [0.15, 0.2) is 0 Å². The maximum Gasteiger partial charge on any atom is 0.338 e. The molecule has 0 aliphatic heterocycles. The average molecular weight is 652 g/mol. The Hall–Kier alpha value is -3.21. The molecule has 0 aromatic heterocycles. The summed E-state index contributed by atoms with van der Waals surface area (Å²) in [7, 11) is 1.37. The molecule has 258 valence electrons. The van der Waals surface area contributed by atoms with Crippen LogP contribution in [0.4, 0.5) is 5.69 Å². The monoisotopic (exact) mass is 651 g/mol. The molecule has 0 heterocycles. The van der Waals surface area contributed by atoms with Gasteiger partial charge in [0.1, 0.15) is 6.10 Å². The van der Waals surface area contributed by atoms with Crippen LogP contribution in [0.2, 0.25) is 0 Å². The Labute approximate surface area is 289 Å². The third kappa shape index (κ3) is 6.94. The van der Waals surface area contributed by atoms with Gasteiger partial charge in [-0.15, -0.1) is 0 Å². The Morgan fingerprint density at radius 2 is 1.58 bits per heavy atom. The van der Waals surface area contributed by atoms with Crippen molar-refractivity contribution < 1.29 is 19.1 Å². The summed E-state index contributed by atoms with van der Waals surface area (Å²) < 4.78 is 10.9. The molecule has 2 aromatic carbocycles. The van der Waals surface area contributed by atoms with Crippen molar-refractivity contribution >= 4 is 23.8 Å². The summed E-state index contributed by atoms with van der Waals surface area (Å²) in [5.74, 6) is 4.36. The molecule has 0 bridgehead atoms. The van der Waals surface area contributed by atoms with Crippen LogP contribution in [0, 0.1) is 46.3 Å². The first-order valence-electron chi connectivity index (χ1n) is 18.7. The summed E-state index contributed by atoms with van der Waals surface area (Å²) in [5.41, 5.74) is 4.98. The lowest BCUT2D eigenvalue weighted by Crippen LogP contribution is -2.51. The van der Waals surface area contributed by atoms with Crippen LogP contribution in [0.25, 0.3) is 0 Å². The molecule has 6 rings (SSSR count). The van der Waals surface area contributed by atoms with Crippen molar-refractivity contribution in [2.75, 3.05) is 7.11 Å². The Bertz CT molecular complexity index is 1510. The first kappa shape index (κ1) is 34.6. The second-order valence-electron chi connectivity index (χ2n) is 16.5. The third-order valence-corrected chi connectivity index (χ3v) is 13.3. The molecule has 0 N–H and O–H groups in total. The maximum atomic E-state index is 13.2. The topological polar surface area (TPSA) is 65.0 Å². The van der Waals surface area contributed by atoms with Crippen LogP contribution in [0.15, 0.2) is 65.2 Å². The lowest BCUT2D eigenvalue weighted by Gasteiger charge is -2.58. The van der Waals surface area contributed by atoms with Crippen molar-refractivity contribution in [1.29, 1.82) is 0 Å². The number of nitrogens with zero attached hydrogens (tertiary/aromatic N) is 1. The Kier molecular flexibility index (Phi) is 10.3. The van der Waals surface area contributed by atoms with Crippen LogP contribution in [-0.4, -0.2) is 31.4 Å². The molecule has 3 saturated carbocycles. The molecule has 2 aromatic rings. The number of esters is 2. The van der Waals surface area contributed by atoms with Gasteiger partial charge in [0, 0.05) is 12.6 Å². The van der Waals surface area contributed by atoms with Crippen LogP contribution >= 0.6 is 0 Å². The zero-order valence-electron chi connectivity index (χ0n) is 30.2. The second kappa shape index (κ2) is 14.3. The number of hydrogen-bond donors (Lipinski definition) is 0. The van der Waals surface area contributed by atoms with Crippen molar-refractivity contribution in [2.45, 2.75) is 111 Å². The van der Waals surface area contributed by atoms with Gasteiger partial charge in [-0.3, -0.25) is 4.99 Å². The van der Waals surface area contributed by atoms with Crippen molar-refractivity contribution in [3.63, 3.8) is 0 Å². The standard InChI is InChI=1S/C43H57NO4/c1-28(2)8-7-9-29(3)37-20-21-38-36-19-16-33-26-35(22-24-42(33,4)39(36)23-25-43(37,38)5)48-41(46)32-12-10-30(11-13-32)27-44-34-17-14-31(15-18-34)40(45)47-6/h10-18,27-29,35-39H,7-9,19-26H2,1-6H3/t29-,35?,36+,37-,38+,39+,42+,43-/m1/s1. The van der Waals surface area contributed by atoms with E-state index in [2.05, 4.69) is 45.7 Å². The normalized spacial score (nSPS) is 31.8. The van der Waals surface area contributed by atoms with E-state index in [9.17, 15) is 9.59 Å². The molecule has 0 saturated heterocycles. The number of carbonyl (C=O) groups excluding carboxylic acids is 2. The van der Waals surface area contributed by atoms with Gasteiger partial charge >= 0.3 is 11.9 Å². The predicted molar refractivity (Wildman–Crippen MR) is 194 cm³/mol. The van der Waals surface area contributed by atoms with Gasteiger partial charge < -0.3 is 9.47 Å². The highest BCUT2D eigenvalue weighted by atomic mass is 16.5. The minimum absolute atomic E-state index is 0.0565. The molecular weight excluding hydrogens is 594 g/mol.